The molecule has 264 valence electrons. The molecule has 4 aromatic carbocycles. The van der Waals surface area contributed by atoms with Gasteiger partial charge in [0.25, 0.3) is 0 Å². The average Bonchev–Trinajstić information content (AvgIpc) is 3.88. The molecule has 0 amide bonds. The summed E-state index contributed by atoms with van der Waals surface area (Å²) in [5, 5.41) is 6.35. The molecule has 0 saturated heterocycles. The minimum Gasteiger partial charge on any atom is -0.493 e. The van der Waals surface area contributed by atoms with Crippen molar-refractivity contribution in [1.29, 1.82) is 0 Å². The van der Waals surface area contributed by atoms with Crippen LogP contribution in [0.3, 0.4) is 0 Å². The minimum absolute atomic E-state index is 0.0304. The second-order valence-corrected chi connectivity index (χ2v) is 16.2. The largest absolute Gasteiger partial charge is 0.493 e. The SMILES string of the molecule is COc1ccc(-c2nn(C(c3ccccc3)(c3ccccc3)C3C=CC=CC3)cc2-c2ccc3ncnc(-c4ccc(S(C)(=O)=O)s4)c3c2)cc1OC. The van der Waals surface area contributed by atoms with E-state index in [1.165, 1.54) is 23.9 Å². The van der Waals surface area contributed by atoms with Crippen LogP contribution >= 0.6 is 11.3 Å². The predicted octanol–water partition coefficient (Wildman–Crippen LogP) is 9.23. The molecule has 0 spiro atoms. The van der Waals surface area contributed by atoms with Crippen molar-refractivity contribution in [3.63, 3.8) is 0 Å². The minimum atomic E-state index is -3.37. The monoisotopic (exact) mass is 736 g/mol. The van der Waals surface area contributed by atoms with E-state index in [-0.39, 0.29) is 10.1 Å². The highest BCUT2D eigenvalue weighted by atomic mass is 32.2. The number of thiophene rings is 1. The number of methoxy groups -OCH3 is 2. The summed E-state index contributed by atoms with van der Waals surface area (Å²) in [5.74, 6) is 1.25. The fourth-order valence-corrected chi connectivity index (χ4v) is 9.27. The molecule has 0 bridgehead atoms. The molecule has 8 nitrogen and oxygen atoms in total. The summed E-state index contributed by atoms with van der Waals surface area (Å²) < 4.78 is 38.6. The number of rotatable bonds is 10. The maximum atomic E-state index is 12.4. The van der Waals surface area contributed by atoms with Crippen molar-refractivity contribution in [3.05, 3.63) is 157 Å². The lowest BCUT2D eigenvalue weighted by Crippen LogP contribution is -2.43. The van der Waals surface area contributed by atoms with Crippen molar-refractivity contribution in [3.8, 4) is 44.5 Å². The summed E-state index contributed by atoms with van der Waals surface area (Å²) in [5.41, 5.74) is 6.31. The molecule has 53 heavy (non-hydrogen) atoms. The summed E-state index contributed by atoms with van der Waals surface area (Å²) >= 11 is 1.20. The first-order valence-electron chi connectivity index (χ1n) is 17.1. The Morgan fingerprint density at radius 1 is 0.774 bits per heavy atom. The number of sulfone groups is 1. The van der Waals surface area contributed by atoms with Crippen molar-refractivity contribution in [2.75, 3.05) is 20.5 Å². The van der Waals surface area contributed by atoms with Gasteiger partial charge < -0.3 is 9.47 Å². The van der Waals surface area contributed by atoms with E-state index in [4.69, 9.17) is 14.6 Å². The van der Waals surface area contributed by atoms with Crippen LogP contribution in [-0.4, -0.2) is 48.6 Å². The smallest absolute Gasteiger partial charge is 0.184 e. The lowest BCUT2D eigenvalue weighted by atomic mass is 9.70. The van der Waals surface area contributed by atoms with Gasteiger partial charge in [0.15, 0.2) is 21.3 Å². The molecule has 0 aliphatic heterocycles. The van der Waals surface area contributed by atoms with Crippen molar-refractivity contribution in [1.82, 2.24) is 19.7 Å². The van der Waals surface area contributed by atoms with Gasteiger partial charge in [0, 0.05) is 34.9 Å². The lowest BCUT2D eigenvalue weighted by molar-refractivity contribution is 0.293. The summed E-state index contributed by atoms with van der Waals surface area (Å²) in [6.45, 7) is 0. The molecule has 1 unspecified atom stereocenters. The third-order valence-corrected chi connectivity index (χ3v) is 12.7. The molecule has 10 heteroatoms. The van der Waals surface area contributed by atoms with Gasteiger partial charge in [0.2, 0.25) is 0 Å². The third-order valence-electron chi connectivity index (χ3n) is 9.80. The number of aromatic nitrogens is 4. The van der Waals surface area contributed by atoms with Crippen LogP contribution in [0, 0.1) is 5.92 Å². The van der Waals surface area contributed by atoms with Gasteiger partial charge >= 0.3 is 0 Å². The molecule has 8 rings (SSSR count). The van der Waals surface area contributed by atoms with Gasteiger partial charge in [-0.25, -0.2) is 18.4 Å². The van der Waals surface area contributed by atoms with Crippen molar-refractivity contribution in [2.24, 2.45) is 5.92 Å². The summed E-state index contributed by atoms with van der Waals surface area (Å²) in [4.78, 5) is 9.97. The van der Waals surface area contributed by atoms with Crippen LogP contribution in [0.15, 0.2) is 150 Å². The van der Waals surface area contributed by atoms with E-state index in [1.807, 2.05) is 42.5 Å². The van der Waals surface area contributed by atoms with Crippen LogP contribution < -0.4 is 9.47 Å². The van der Waals surface area contributed by atoms with Crippen molar-refractivity contribution in [2.45, 2.75) is 16.2 Å². The van der Waals surface area contributed by atoms with Gasteiger partial charge in [-0.05, 0) is 65.6 Å². The highest BCUT2D eigenvalue weighted by molar-refractivity contribution is 7.92. The average molecular weight is 737 g/mol. The molecule has 0 fully saturated rings. The van der Waals surface area contributed by atoms with Crippen molar-refractivity contribution >= 4 is 32.1 Å². The number of nitrogens with zero attached hydrogens (tertiary/aromatic N) is 4. The van der Waals surface area contributed by atoms with Gasteiger partial charge in [-0.3, -0.25) is 4.68 Å². The van der Waals surface area contributed by atoms with Crippen molar-refractivity contribution < 1.29 is 17.9 Å². The Morgan fingerprint density at radius 3 is 2.13 bits per heavy atom. The van der Waals surface area contributed by atoms with Gasteiger partial charge in [0.1, 0.15) is 21.8 Å². The standard InChI is InChI=1S/C43H36N4O4S2/c1-50-37-22-20-30(26-38(37)51-2)41-35(29-19-21-36-34(25-29)42(45-28-44-36)39-23-24-40(52-39)53(3,48)49)27-47(46-41)43(31-13-7-4-8-14-31,32-15-9-5-10-16-32)33-17-11-6-12-18-33/h4-17,19-28,33H,18H2,1-3H3. The van der Waals surface area contributed by atoms with E-state index in [9.17, 15) is 8.42 Å². The zero-order chi connectivity index (χ0) is 36.6. The maximum absolute atomic E-state index is 12.4. The molecule has 0 N–H and O–H groups in total. The molecular formula is C43H36N4O4S2. The highest BCUT2D eigenvalue weighted by Gasteiger charge is 2.44. The van der Waals surface area contributed by atoms with E-state index in [1.54, 1.807) is 20.3 Å². The molecule has 0 radical (unpaired) electrons. The fraction of sp³-hybridized carbons (Fsp3) is 0.140. The lowest BCUT2D eigenvalue weighted by Gasteiger charge is -2.41. The van der Waals surface area contributed by atoms with Gasteiger partial charge in [0.05, 0.1) is 30.3 Å². The summed E-state index contributed by atoms with van der Waals surface area (Å²) in [6, 6.07) is 36.6. The first-order valence-corrected chi connectivity index (χ1v) is 19.8. The van der Waals surface area contributed by atoms with E-state index < -0.39 is 15.4 Å². The number of ether oxygens (including phenoxy) is 2. The molecule has 0 saturated carbocycles. The molecule has 1 aliphatic carbocycles. The van der Waals surface area contributed by atoms with E-state index in [0.29, 0.717) is 17.2 Å². The number of hydrogen-bond acceptors (Lipinski definition) is 8. The fourth-order valence-electron chi connectivity index (χ4n) is 7.33. The molecule has 7 aromatic rings. The van der Waals surface area contributed by atoms with Crippen LogP contribution in [-0.2, 0) is 15.4 Å². The first-order chi connectivity index (χ1) is 25.8. The Morgan fingerprint density at radius 2 is 1.49 bits per heavy atom. The molecule has 1 atom stereocenters. The van der Waals surface area contributed by atoms with Crippen LogP contribution in [0.1, 0.15) is 17.5 Å². The van der Waals surface area contributed by atoms with Crippen LogP contribution in [0.5, 0.6) is 11.5 Å². The second kappa shape index (κ2) is 13.9. The van der Waals surface area contributed by atoms with Gasteiger partial charge in [-0.15, -0.1) is 11.3 Å². The second-order valence-electron chi connectivity index (χ2n) is 12.9. The van der Waals surface area contributed by atoms with Crippen LogP contribution in [0.2, 0.25) is 0 Å². The highest BCUT2D eigenvalue weighted by Crippen LogP contribution is 2.47. The van der Waals surface area contributed by atoms with E-state index >= 15 is 0 Å². The Labute approximate surface area is 312 Å². The Bertz CT molecular complexity index is 2570. The van der Waals surface area contributed by atoms with Gasteiger partial charge in [-0.1, -0.05) is 91.0 Å². The Balaban J connectivity index is 1.42. The molecule has 3 aromatic heterocycles. The zero-order valence-corrected chi connectivity index (χ0v) is 31.0. The first kappa shape index (κ1) is 34.3. The van der Waals surface area contributed by atoms with E-state index in [0.717, 1.165) is 55.7 Å². The number of fused-ring (bicyclic) bond motifs is 1. The zero-order valence-electron chi connectivity index (χ0n) is 29.4. The maximum Gasteiger partial charge on any atom is 0.184 e. The third kappa shape index (κ3) is 6.13. The van der Waals surface area contributed by atoms with Crippen LogP contribution in [0.4, 0.5) is 0 Å². The predicted molar refractivity (Wildman–Crippen MR) is 211 cm³/mol. The Kier molecular flexibility index (Phi) is 9.01. The molecule has 3 heterocycles. The Hall–Kier alpha value is -5.84. The van der Waals surface area contributed by atoms with Gasteiger partial charge in [-0.2, -0.15) is 5.10 Å². The van der Waals surface area contributed by atoms with E-state index in [2.05, 4.69) is 106 Å². The number of hydrogen-bond donors (Lipinski definition) is 0. The normalized spacial score (nSPS) is 14.4. The topological polar surface area (TPSA) is 96.2 Å². The number of benzene rings is 4. The summed E-state index contributed by atoms with van der Waals surface area (Å²) in [7, 11) is -0.119. The molecule has 1 aliphatic rings. The summed E-state index contributed by atoms with van der Waals surface area (Å²) in [6.07, 6.45) is 14.4. The molecular weight excluding hydrogens is 701 g/mol. The van der Waals surface area contributed by atoms with Crippen LogP contribution in [0.25, 0.3) is 43.9 Å². The number of allylic oxidation sites excluding steroid dienone is 4. The quantitative estimate of drug-likeness (QED) is 0.138.